The molecule has 1 saturated heterocycles. The Bertz CT molecular complexity index is 242. The Hall–Kier alpha value is -0.160. The summed E-state index contributed by atoms with van der Waals surface area (Å²) in [5, 5.41) is 0. The normalized spacial score (nSPS) is 24.5. The van der Waals surface area contributed by atoms with Crippen LogP contribution in [0.1, 0.15) is 32.1 Å². The van der Waals surface area contributed by atoms with E-state index in [1.54, 1.807) is 0 Å². The van der Waals surface area contributed by atoms with Gasteiger partial charge in [-0.15, -0.1) is 0 Å². The van der Waals surface area contributed by atoms with Gasteiger partial charge in [0.05, 0.1) is 13.2 Å². The highest BCUT2D eigenvalue weighted by Crippen LogP contribution is 2.36. The summed E-state index contributed by atoms with van der Waals surface area (Å²) in [6.45, 7) is 3.93. The van der Waals surface area contributed by atoms with Crippen LogP contribution in [-0.2, 0) is 9.47 Å². The fourth-order valence-electron chi connectivity index (χ4n) is 3.09. The summed E-state index contributed by atoms with van der Waals surface area (Å²) in [6.07, 6.45) is 5.79. The predicted molar refractivity (Wildman–Crippen MR) is 72.7 cm³/mol. The lowest BCUT2D eigenvalue weighted by molar-refractivity contribution is -0.183. The zero-order valence-electron chi connectivity index (χ0n) is 12.2. The van der Waals surface area contributed by atoms with Gasteiger partial charge in [0, 0.05) is 18.9 Å². The molecule has 2 rings (SSSR count). The summed E-state index contributed by atoms with van der Waals surface area (Å²) in [7, 11) is 6.53. The van der Waals surface area contributed by atoms with E-state index in [-0.39, 0.29) is 5.79 Å². The molecule has 0 atom stereocenters. The van der Waals surface area contributed by atoms with Crippen LogP contribution in [0, 0.1) is 0 Å². The molecule has 2 aliphatic rings. The van der Waals surface area contributed by atoms with Gasteiger partial charge in [0.25, 0.3) is 0 Å². The minimum atomic E-state index is -0.207. The van der Waals surface area contributed by atoms with Gasteiger partial charge in [-0.25, -0.2) is 0 Å². The summed E-state index contributed by atoms with van der Waals surface area (Å²) >= 11 is 0. The number of nitrogens with zero attached hydrogens (tertiary/aromatic N) is 2. The summed E-state index contributed by atoms with van der Waals surface area (Å²) in [4.78, 5) is 4.77. The number of hydrogen-bond acceptors (Lipinski definition) is 4. The average Bonchev–Trinajstić information content (AvgIpc) is 2.78. The molecule has 1 saturated carbocycles. The van der Waals surface area contributed by atoms with Gasteiger partial charge in [-0.3, -0.25) is 0 Å². The molecule has 2 fully saturated rings. The van der Waals surface area contributed by atoms with Crippen LogP contribution in [0.3, 0.4) is 0 Å². The molecular weight excluding hydrogens is 228 g/mol. The Morgan fingerprint density at radius 1 is 1.00 bits per heavy atom. The van der Waals surface area contributed by atoms with E-state index in [0.717, 1.165) is 26.1 Å². The summed E-state index contributed by atoms with van der Waals surface area (Å²) in [6, 6.07) is 0.714. The zero-order valence-corrected chi connectivity index (χ0v) is 12.2. The SMILES string of the molecule is CN(C)CCCN(C)C1CCC2(CC1)OCCO2. The Kier molecular flexibility index (Phi) is 5.01. The molecule has 0 aromatic heterocycles. The van der Waals surface area contributed by atoms with Crippen LogP contribution in [-0.4, -0.2) is 69.1 Å². The molecule has 1 spiro atoms. The van der Waals surface area contributed by atoms with Gasteiger partial charge in [0.1, 0.15) is 0 Å². The van der Waals surface area contributed by atoms with E-state index >= 15 is 0 Å². The molecule has 0 bridgehead atoms. The standard InChI is InChI=1S/C14H28N2O2/c1-15(2)9-4-10-16(3)13-5-7-14(8-6-13)17-11-12-18-14/h13H,4-12H2,1-3H3. The van der Waals surface area contributed by atoms with Gasteiger partial charge in [-0.05, 0) is 53.5 Å². The Morgan fingerprint density at radius 3 is 2.17 bits per heavy atom. The van der Waals surface area contributed by atoms with Crippen LogP contribution >= 0.6 is 0 Å². The fraction of sp³-hybridized carbons (Fsp3) is 1.00. The van der Waals surface area contributed by atoms with Crippen LogP contribution in [0.5, 0.6) is 0 Å². The molecule has 0 amide bonds. The van der Waals surface area contributed by atoms with Gasteiger partial charge in [-0.1, -0.05) is 0 Å². The van der Waals surface area contributed by atoms with Crippen molar-refractivity contribution in [2.24, 2.45) is 0 Å². The molecule has 106 valence electrons. The first kappa shape index (κ1) is 14.3. The van der Waals surface area contributed by atoms with Gasteiger partial charge >= 0.3 is 0 Å². The van der Waals surface area contributed by atoms with Crippen LogP contribution < -0.4 is 0 Å². The third-order valence-electron chi connectivity index (χ3n) is 4.27. The highest BCUT2D eigenvalue weighted by molar-refractivity contribution is 4.86. The fourth-order valence-corrected chi connectivity index (χ4v) is 3.09. The summed E-state index contributed by atoms with van der Waals surface area (Å²) in [5.74, 6) is -0.207. The third-order valence-corrected chi connectivity index (χ3v) is 4.27. The van der Waals surface area contributed by atoms with Crippen molar-refractivity contribution in [1.82, 2.24) is 9.80 Å². The number of rotatable bonds is 5. The lowest BCUT2D eigenvalue weighted by Gasteiger charge is -2.39. The van der Waals surface area contributed by atoms with Crippen molar-refractivity contribution < 1.29 is 9.47 Å². The molecule has 1 aliphatic carbocycles. The van der Waals surface area contributed by atoms with Crippen molar-refractivity contribution in [3.63, 3.8) is 0 Å². The molecule has 1 heterocycles. The molecule has 0 aromatic rings. The van der Waals surface area contributed by atoms with Crippen molar-refractivity contribution in [1.29, 1.82) is 0 Å². The van der Waals surface area contributed by atoms with E-state index in [1.807, 2.05) is 0 Å². The van der Waals surface area contributed by atoms with Crippen molar-refractivity contribution in [3.05, 3.63) is 0 Å². The van der Waals surface area contributed by atoms with Gasteiger partial charge in [0.2, 0.25) is 0 Å². The molecule has 0 aromatic carbocycles. The van der Waals surface area contributed by atoms with Crippen molar-refractivity contribution in [2.75, 3.05) is 47.4 Å². The Balaban J connectivity index is 1.68. The van der Waals surface area contributed by atoms with Crippen LogP contribution in [0.25, 0.3) is 0 Å². The Labute approximate surface area is 111 Å². The maximum absolute atomic E-state index is 5.77. The first-order valence-corrected chi connectivity index (χ1v) is 7.24. The lowest BCUT2D eigenvalue weighted by atomic mass is 9.89. The molecular formula is C14H28N2O2. The Morgan fingerprint density at radius 2 is 1.61 bits per heavy atom. The second-order valence-electron chi connectivity index (χ2n) is 5.98. The third kappa shape index (κ3) is 3.67. The highest BCUT2D eigenvalue weighted by atomic mass is 16.7. The van der Waals surface area contributed by atoms with Crippen molar-refractivity contribution in [2.45, 2.75) is 43.9 Å². The topological polar surface area (TPSA) is 24.9 Å². The highest BCUT2D eigenvalue weighted by Gasteiger charge is 2.40. The van der Waals surface area contributed by atoms with Crippen LogP contribution in [0.15, 0.2) is 0 Å². The minimum Gasteiger partial charge on any atom is -0.348 e. The van der Waals surface area contributed by atoms with Crippen molar-refractivity contribution >= 4 is 0 Å². The second kappa shape index (κ2) is 6.33. The van der Waals surface area contributed by atoms with E-state index in [4.69, 9.17) is 9.47 Å². The van der Waals surface area contributed by atoms with E-state index in [1.165, 1.54) is 32.4 Å². The van der Waals surface area contributed by atoms with Crippen LogP contribution in [0.4, 0.5) is 0 Å². The van der Waals surface area contributed by atoms with E-state index in [9.17, 15) is 0 Å². The quantitative estimate of drug-likeness (QED) is 0.745. The molecule has 4 nitrogen and oxygen atoms in total. The number of hydrogen-bond donors (Lipinski definition) is 0. The molecule has 0 N–H and O–H groups in total. The lowest BCUT2D eigenvalue weighted by Crippen LogP contribution is -2.43. The zero-order chi connectivity index (χ0) is 13.0. The molecule has 4 heteroatoms. The van der Waals surface area contributed by atoms with Gasteiger partial charge in [0.15, 0.2) is 5.79 Å². The van der Waals surface area contributed by atoms with Crippen LogP contribution in [0.2, 0.25) is 0 Å². The first-order chi connectivity index (χ1) is 8.61. The smallest absolute Gasteiger partial charge is 0.168 e. The maximum Gasteiger partial charge on any atom is 0.168 e. The summed E-state index contributed by atoms with van der Waals surface area (Å²) in [5.41, 5.74) is 0. The van der Waals surface area contributed by atoms with E-state index in [0.29, 0.717) is 6.04 Å². The second-order valence-corrected chi connectivity index (χ2v) is 5.98. The molecule has 1 aliphatic heterocycles. The molecule has 0 unspecified atom stereocenters. The molecule has 0 radical (unpaired) electrons. The van der Waals surface area contributed by atoms with E-state index < -0.39 is 0 Å². The minimum absolute atomic E-state index is 0.207. The summed E-state index contributed by atoms with van der Waals surface area (Å²) < 4.78 is 11.5. The van der Waals surface area contributed by atoms with E-state index in [2.05, 4.69) is 30.9 Å². The number of ether oxygens (including phenoxy) is 2. The van der Waals surface area contributed by atoms with Crippen molar-refractivity contribution in [3.8, 4) is 0 Å². The van der Waals surface area contributed by atoms with Gasteiger partial charge in [-0.2, -0.15) is 0 Å². The largest absolute Gasteiger partial charge is 0.348 e. The first-order valence-electron chi connectivity index (χ1n) is 7.24. The monoisotopic (exact) mass is 256 g/mol. The predicted octanol–water partition coefficient (Wildman–Crippen LogP) is 1.56. The van der Waals surface area contributed by atoms with Gasteiger partial charge < -0.3 is 19.3 Å². The molecule has 18 heavy (non-hydrogen) atoms. The average molecular weight is 256 g/mol. The maximum atomic E-state index is 5.77.